The van der Waals surface area contributed by atoms with E-state index in [1.165, 1.54) is 9.80 Å². The molecule has 232 valence electrons. The molecule has 14 nitrogen and oxygen atoms in total. The second kappa shape index (κ2) is 16.8. The summed E-state index contributed by atoms with van der Waals surface area (Å²) in [6.45, 7) is 5.03. The number of ether oxygens (including phenoxy) is 2. The molecular weight excluding hydrogens is 550 g/mol. The zero-order valence-corrected chi connectivity index (χ0v) is 24.3. The smallest absolute Gasteiger partial charge is 0.407 e. The Balaban J connectivity index is 1.80. The molecule has 4 N–H and O–H groups in total. The van der Waals surface area contributed by atoms with E-state index in [4.69, 9.17) is 14.6 Å². The zero-order valence-electron chi connectivity index (χ0n) is 24.3. The lowest BCUT2D eigenvalue weighted by Crippen LogP contribution is -2.60. The van der Waals surface area contributed by atoms with Gasteiger partial charge in [0.1, 0.15) is 31.3 Å². The van der Waals surface area contributed by atoms with Gasteiger partial charge in [0.2, 0.25) is 17.7 Å². The fourth-order valence-electron chi connectivity index (χ4n) is 4.13. The number of aliphatic carboxylic acids is 1. The second-order valence-corrected chi connectivity index (χ2v) is 10.7. The Bertz CT molecular complexity index is 1090. The molecule has 1 aliphatic rings. The van der Waals surface area contributed by atoms with Gasteiger partial charge in [0.05, 0.1) is 0 Å². The van der Waals surface area contributed by atoms with Gasteiger partial charge in [0.15, 0.2) is 0 Å². The molecule has 0 spiro atoms. The summed E-state index contributed by atoms with van der Waals surface area (Å²) in [6.07, 6.45) is -0.255. The van der Waals surface area contributed by atoms with E-state index in [0.717, 1.165) is 5.56 Å². The van der Waals surface area contributed by atoms with Gasteiger partial charge in [0, 0.05) is 32.6 Å². The predicted octanol–water partition coefficient (Wildman–Crippen LogP) is 1.24. The normalized spacial score (nSPS) is 15.0. The fourth-order valence-corrected chi connectivity index (χ4v) is 4.13. The molecule has 1 aromatic carbocycles. The molecule has 1 saturated heterocycles. The van der Waals surface area contributed by atoms with Crippen LogP contribution in [0.4, 0.5) is 9.59 Å². The summed E-state index contributed by atoms with van der Waals surface area (Å²) in [5.41, 5.74) is 0.167. The number of benzene rings is 1. The molecule has 42 heavy (non-hydrogen) atoms. The van der Waals surface area contributed by atoms with Crippen molar-refractivity contribution in [3.05, 3.63) is 35.9 Å². The SMILES string of the molecule is CC(C)(C)OC(=O)NCCCC(=O)NCCCC1C(=O)N(CC(=O)O)CCN1C(=O)CNC(=O)OCc1ccccc1. The highest BCUT2D eigenvalue weighted by atomic mass is 16.6. The van der Waals surface area contributed by atoms with Gasteiger partial charge in [-0.25, -0.2) is 9.59 Å². The van der Waals surface area contributed by atoms with Crippen LogP contribution in [0, 0.1) is 0 Å². The Hall–Kier alpha value is -4.36. The van der Waals surface area contributed by atoms with E-state index < -0.39 is 54.7 Å². The van der Waals surface area contributed by atoms with Crippen molar-refractivity contribution in [1.82, 2.24) is 25.8 Å². The molecule has 1 aromatic rings. The van der Waals surface area contributed by atoms with Crippen LogP contribution in [-0.4, -0.2) is 102 Å². The molecule has 0 aliphatic carbocycles. The van der Waals surface area contributed by atoms with Gasteiger partial charge in [-0.05, 0) is 45.6 Å². The molecule has 1 unspecified atom stereocenters. The van der Waals surface area contributed by atoms with Crippen LogP contribution >= 0.6 is 0 Å². The Morgan fingerprint density at radius 1 is 0.952 bits per heavy atom. The van der Waals surface area contributed by atoms with Crippen LogP contribution in [0.25, 0.3) is 0 Å². The maximum Gasteiger partial charge on any atom is 0.407 e. The lowest BCUT2D eigenvalue weighted by molar-refractivity contribution is -0.155. The summed E-state index contributed by atoms with van der Waals surface area (Å²) >= 11 is 0. The first-order valence-electron chi connectivity index (χ1n) is 13.8. The van der Waals surface area contributed by atoms with Crippen LogP contribution in [0.15, 0.2) is 30.3 Å². The molecule has 1 aliphatic heterocycles. The van der Waals surface area contributed by atoms with Crippen molar-refractivity contribution in [1.29, 1.82) is 0 Å². The first kappa shape index (κ1) is 33.8. The third kappa shape index (κ3) is 12.9. The van der Waals surface area contributed by atoms with Gasteiger partial charge in [-0.3, -0.25) is 19.2 Å². The van der Waals surface area contributed by atoms with Gasteiger partial charge in [0.25, 0.3) is 0 Å². The van der Waals surface area contributed by atoms with Crippen LogP contribution in [0.5, 0.6) is 0 Å². The van der Waals surface area contributed by atoms with Gasteiger partial charge < -0.3 is 40.3 Å². The minimum atomic E-state index is -1.17. The molecule has 14 heteroatoms. The van der Waals surface area contributed by atoms with Crippen molar-refractivity contribution in [3.8, 4) is 0 Å². The van der Waals surface area contributed by atoms with Crippen LogP contribution in [0.2, 0.25) is 0 Å². The van der Waals surface area contributed by atoms with Crippen molar-refractivity contribution in [3.63, 3.8) is 0 Å². The molecular formula is C28H41N5O9. The van der Waals surface area contributed by atoms with Gasteiger partial charge in [-0.15, -0.1) is 0 Å². The van der Waals surface area contributed by atoms with Gasteiger partial charge in [-0.1, -0.05) is 30.3 Å². The van der Waals surface area contributed by atoms with Gasteiger partial charge in [-0.2, -0.15) is 0 Å². The quantitative estimate of drug-likeness (QED) is 0.231. The Morgan fingerprint density at radius 3 is 2.31 bits per heavy atom. The van der Waals surface area contributed by atoms with Crippen molar-refractivity contribution < 1.29 is 43.3 Å². The number of hydrogen-bond donors (Lipinski definition) is 4. The average molecular weight is 592 g/mol. The summed E-state index contributed by atoms with van der Waals surface area (Å²) in [5, 5.41) is 16.9. The molecule has 0 radical (unpaired) electrons. The largest absolute Gasteiger partial charge is 0.480 e. The lowest BCUT2D eigenvalue weighted by atomic mass is 10.0. The third-order valence-electron chi connectivity index (χ3n) is 6.05. The van der Waals surface area contributed by atoms with Gasteiger partial charge >= 0.3 is 18.2 Å². The number of nitrogens with zero attached hydrogens (tertiary/aromatic N) is 2. The minimum absolute atomic E-state index is 0.0296. The van der Waals surface area contributed by atoms with E-state index in [0.29, 0.717) is 12.8 Å². The molecule has 5 amide bonds. The van der Waals surface area contributed by atoms with E-state index in [2.05, 4.69) is 16.0 Å². The number of hydrogen-bond acceptors (Lipinski definition) is 8. The van der Waals surface area contributed by atoms with Crippen molar-refractivity contribution in [2.75, 3.05) is 39.3 Å². The number of nitrogens with one attached hydrogen (secondary N) is 3. The minimum Gasteiger partial charge on any atom is -0.480 e. The molecule has 1 heterocycles. The monoisotopic (exact) mass is 591 g/mol. The number of carboxylic acids is 1. The highest BCUT2D eigenvalue weighted by Gasteiger charge is 2.37. The van der Waals surface area contributed by atoms with E-state index in [1.54, 1.807) is 45.0 Å². The zero-order chi connectivity index (χ0) is 31.1. The van der Waals surface area contributed by atoms with Crippen LogP contribution in [0.1, 0.15) is 52.0 Å². The van der Waals surface area contributed by atoms with E-state index in [-0.39, 0.29) is 51.5 Å². The number of amides is 5. The number of carbonyl (C=O) groups excluding carboxylic acids is 5. The summed E-state index contributed by atoms with van der Waals surface area (Å²) in [6, 6.07) is 8.08. The Kier molecular flexibility index (Phi) is 13.5. The van der Waals surface area contributed by atoms with Crippen LogP contribution < -0.4 is 16.0 Å². The summed E-state index contributed by atoms with van der Waals surface area (Å²) in [5.74, 6) is -2.43. The molecule has 1 atom stereocenters. The average Bonchev–Trinajstić information content (AvgIpc) is 2.92. The number of carboxylic acid groups (broad SMARTS) is 1. The maximum absolute atomic E-state index is 13.0. The van der Waals surface area contributed by atoms with E-state index >= 15 is 0 Å². The second-order valence-electron chi connectivity index (χ2n) is 10.7. The Morgan fingerprint density at radius 2 is 1.64 bits per heavy atom. The molecule has 2 rings (SSSR count). The van der Waals surface area contributed by atoms with Crippen LogP contribution in [0.3, 0.4) is 0 Å². The molecule has 0 bridgehead atoms. The van der Waals surface area contributed by atoms with E-state index in [9.17, 15) is 28.8 Å². The highest BCUT2D eigenvalue weighted by Crippen LogP contribution is 2.17. The number of rotatable bonds is 14. The number of carbonyl (C=O) groups is 6. The molecule has 0 aromatic heterocycles. The molecule has 1 fully saturated rings. The van der Waals surface area contributed by atoms with Crippen molar-refractivity contribution in [2.24, 2.45) is 0 Å². The maximum atomic E-state index is 13.0. The van der Waals surface area contributed by atoms with Crippen LogP contribution in [-0.2, 0) is 35.3 Å². The standard InChI is InChI=1S/C28H41N5O9/c1-28(2,3)42-27(40)30-14-8-12-22(34)29-13-7-11-21-25(38)32(18-24(36)37)15-16-33(21)23(35)17-31-26(39)41-19-20-9-5-4-6-10-20/h4-6,9-10,21H,7-8,11-19H2,1-3H3,(H,29,34)(H,30,40)(H,31,39)(H,36,37). The summed E-state index contributed by atoms with van der Waals surface area (Å²) < 4.78 is 10.2. The van der Waals surface area contributed by atoms with Crippen molar-refractivity contribution >= 4 is 35.9 Å². The van der Waals surface area contributed by atoms with E-state index in [1.807, 2.05) is 6.07 Å². The fraction of sp³-hybridized carbons (Fsp3) is 0.571. The topological polar surface area (TPSA) is 184 Å². The summed E-state index contributed by atoms with van der Waals surface area (Å²) in [7, 11) is 0. The number of alkyl carbamates (subject to hydrolysis) is 2. The third-order valence-corrected chi connectivity index (χ3v) is 6.05. The summed E-state index contributed by atoms with van der Waals surface area (Å²) in [4.78, 5) is 75.6. The van der Waals surface area contributed by atoms with Crippen molar-refractivity contribution in [2.45, 2.75) is 64.7 Å². The lowest BCUT2D eigenvalue weighted by Gasteiger charge is -2.40. The number of piperazine rings is 1. The predicted molar refractivity (Wildman–Crippen MR) is 150 cm³/mol. The molecule has 0 saturated carbocycles. The first-order valence-corrected chi connectivity index (χ1v) is 13.8. The first-order chi connectivity index (χ1) is 19.9. The Labute approximate surface area is 245 Å². The highest BCUT2D eigenvalue weighted by molar-refractivity contribution is 5.92.